The molecule has 0 bridgehead atoms. The molecule has 0 aliphatic heterocycles. The molecule has 1 aromatic heterocycles. The van der Waals surface area contributed by atoms with Gasteiger partial charge in [0.1, 0.15) is 0 Å². The Labute approximate surface area is 114 Å². The second-order valence-corrected chi connectivity index (χ2v) is 5.59. The van der Waals surface area contributed by atoms with E-state index in [-0.39, 0.29) is 0 Å². The van der Waals surface area contributed by atoms with Crippen molar-refractivity contribution in [3.63, 3.8) is 0 Å². The monoisotopic (exact) mass is 259 g/mol. The van der Waals surface area contributed by atoms with Crippen LogP contribution in [-0.4, -0.2) is 7.05 Å². The lowest BCUT2D eigenvalue weighted by atomic mass is 10.00. The fourth-order valence-electron chi connectivity index (χ4n) is 2.20. The first-order valence-corrected chi connectivity index (χ1v) is 7.50. The standard InChI is InChI=1S/C16H21NS/c1-3-13-6-8-14(9-7-13)16(17-2)11-10-15-5-4-12-18-15/h4-9,12,16-17H,3,10-11H2,1-2H3. The van der Waals surface area contributed by atoms with Gasteiger partial charge in [-0.25, -0.2) is 0 Å². The fraction of sp³-hybridized carbons (Fsp3) is 0.375. The first-order valence-electron chi connectivity index (χ1n) is 6.62. The molecule has 2 rings (SSSR count). The van der Waals surface area contributed by atoms with E-state index in [1.165, 1.54) is 16.0 Å². The first kappa shape index (κ1) is 13.3. The van der Waals surface area contributed by atoms with Crippen molar-refractivity contribution < 1.29 is 0 Å². The molecule has 2 heteroatoms. The highest BCUT2D eigenvalue weighted by atomic mass is 32.1. The zero-order valence-electron chi connectivity index (χ0n) is 11.1. The van der Waals surface area contributed by atoms with Gasteiger partial charge < -0.3 is 5.32 Å². The Morgan fingerprint density at radius 2 is 1.94 bits per heavy atom. The van der Waals surface area contributed by atoms with Crippen molar-refractivity contribution >= 4 is 11.3 Å². The fourth-order valence-corrected chi connectivity index (χ4v) is 2.93. The van der Waals surface area contributed by atoms with Crippen molar-refractivity contribution in [2.45, 2.75) is 32.2 Å². The minimum Gasteiger partial charge on any atom is -0.313 e. The quantitative estimate of drug-likeness (QED) is 0.819. The van der Waals surface area contributed by atoms with Crippen molar-refractivity contribution in [3.8, 4) is 0 Å². The van der Waals surface area contributed by atoms with Crippen LogP contribution in [0.5, 0.6) is 0 Å². The number of rotatable bonds is 6. The number of nitrogens with one attached hydrogen (secondary N) is 1. The number of aryl methyl sites for hydroxylation is 2. The SMILES string of the molecule is CCc1ccc(C(CCc2cccs2)NC)cc1. The summed E-state index contributed by atoms with van der Waals surface area (Å²) in [5, 5.41) is 5.58. The molecule has 0 spiro atoms. The van der Waals surface area contributed by atoms with Gasteiger partial charge in [-0.3, -0.25) is 0 Å². The molecule has 0 amide bonds. The van der Waals surface area contributed by atoms with Crippen molar-refractivity contribution in [2.75, 3.05) is 7.05 Å². The van der Waals surface area contributed by atoms with Crippen molar-refractivity contribution in [2.24, 2.45) is 0 Å². The van der Waals surface area contributed by atoms with E-state index in [1.54, 1.807) is 0 Å². The highest BCUT2D eigenvalue weighted by molar-refractivity contribution is 7.09. The summed E-state index contributed by atoms with van der Waals surface area (Å²) in [4.78, 5) is 1.47. The second-order valence-electron chi connectivity index (χ2n) is 4.55. The summed E-state index contributed by atoms with van der Waals surface area (Å²) in [7, 11) is 2.05. The van der Waals surface area contributed by atoms with Crippen LogP contribution >= 0.6 is 11.3 Å². The highest BCUT2D eigenvalue weighted by Gasteiger charge is 2.09. The van der Waals surface area contributed by atoms with Gasteiger partial charge in [-0.15, -0.1) is 11.3 Å². The summed E-state index contributed by atoms with van der Waals surface area (Å²) in [6, 6.07) is 13.8. The molecule has 2 aromatic rings. The van der Waals surface area contributed by atoms with Crippen molar-refractivity contribution in [1.29, 1.82) is 0 Å². The van der Waals surface area contributed by atoms with Crippen LogP contribution in [0.2, 0.25) is 0 Å². The van der Waals surface area contributed by atoms with Gasteiger partial charge in [0.05, 0.1) is 0 Å². The van der Waals surface area contributed by atoms with Crippen LogP contribution in [0.15, 0.2) is 41.8 Å². The largest absolute Gasteiger partial charge is 0.313 e. The number of thiophene rings is 1. The predicted octanol–water partition coefficient (Wildman–Crippen LogP) is 4.20. The van der Waals surface area contributed by atoms with E-state index in [0.717, 1.165) is 19.3 Å². The van der Waals surface area contributed by atoms with Crippen LogP contribution in [0.4, 0.5) is 0 Å². The summed E-state index contributed by atoms with van der Waals surface area (Å²) in [5.74, 6) is 0. The summed E-state index contributed by atoms with van der Waals surface area (Å²) in [6.45, 7) is 2.20. The van der Waals surface area contributed by atoms with E-state index in [4.69, 9.17) is 0 Å². The van der Waals surface area contributed by atoms with Gasteiger partial charge in [-0.2, -0.15) is 0 Å². The first-order chi connectivity index (χ1) is 8.83. The summed E-state index contributed by atoms with van der Waals surface area (Å²) < 4.78 is 0. The molecule has 0 saturated heterocycles. The van der Waals surface area contributed by atoms with Gasteiger partial charge >= 0.3 is 0 Å². The zero-order chi connectivity index (χ0) is 12.8. The van der Waals surface area contributed by atoms with E-state index in [1.807, 2.05) is 18.4 Å². The predicted molar refractivity (Wildman–Crippen MR) is 80.3 cm³/mol. The molecular formula is C16H21NS. The molecule has 0 saturated carbocycles. The van der Waals surface area contributed by atoms with E-state index >= 15 is 0 Å². The van der Waals surface area contributed by atoms with Crippen LogP contribution in [0, 0.1) is 0 Å². The Kier molecular flexibility index (Phi) is 4.97. The van der Waals surface area contributed by atoms with E-state index in [2.05, 4.69) is 54.0 Å². The molecule has 1 unspecified atom stereocenters. The van der Waals surface area contributed by atoms with Crippen LogP contribution in [0.3, 0.4) is 0 Å². The topological polar surface area (TPSA) is 12.0 Å². The van der Waals surface area contributed by atoms with Gasteiger partial charge in [0, 0.05) is 10.9 Å². The average Bonchev–Trinajstić information content (AvgIpc) is 2.93. The molecule has 96 valence electrons. The number of hydrogen-bond acceptors (Lipinski definition) is 2. The maximum atomic E-state index is 3.42. The average molecular weight is 259 g/mol. The Balaban J connectivity index is 1.98. The number of hydrogen-bond donors (Lipinski definition) is 1. The molecular weight excluding hydrogens is 238 g/mol. The van der Waals surface area contributed by atoms with Crippen molar-refractivity contribution in [3.05, 3.63) is 57.8 Å². The molecule has 0 radical (unpaired) electrons. The third-order valence-electron chi connectivity index (χ3n) is 3.40. The highest BCUT2D eigenvalue weighted by Crippen LogP contribution is 2.21. The molecule has 1 aromatic carbocycles. The smallest absolute Gasteiger partial charge is 0.0320 e. The molecule has 1 nitrogen and oxygen atoms in total. The summed E-state index contributed by atoms with van der Waals surface area (Å²) >= 11 is 1.85. The lowest BCUT2D eigenvalue weighted by molar-refractivity contribution is 0.551. The van der Waals surface area contributed by atoms with Gasteiger partial charge in [-0.05, 0) is 48.9 Å². The lowest BCUT2D eigenvalue weighted by Gasteiger charge is -2.16. The lowest BCUT2D eigenvalue weighted by Crippen LogP contribution is -2.16. The Morgan fingerprint density at radius 1 is 1.17 bits per heavy atom. The van der Waals surface area contributed by atoms with E-state index in [9.17, 15) is 0 Å². The number of benzene rings is 1. The van der Waals surface area contributed by atoms with Crippen LogP contribution in [0.1, 0.15) is 35.4 Å². The molecule has 0 aliphatic carbocycles. The van der Waals surface area contributed by atoms with Crippen LogP contribution in [0.25, 0.3) is 0 Å². The molecule has 0 fully saturated rings. The van der Waals surface area contributed by atoms with Crippen molar-refractivity contribution in [1.82, 2.24) is 5.32 Å². The minimum atomic E-state index is 0.456. The van der Waals surface area contributed by atoms with Gasteiger partial charge in [-0.1, -0.05) is 37.3 Å². The normalized spacial score (nSPS) is 12.6. The van der Waals surface area contributed by atoms with Crippen LogP contribution in [-0.2, 0) is 12.8 Å². The van der Waals surface area contributed by atoms with E-state index in [0.29, 0.717) is 6.04 Å². The summed E-state index contributed by atoms with van der Waals surface area (Å²) in [5.41, 5.74) is 2.80. The molecule has 18 heavy (non-hydrogen) atoms. The molecule has 0 aliphatic rings. The van der Waals surface area contributed by atoms with Crippen LogP contribution < -0.4 is 5.32 Å². The third-order valence-corrected chi connectivity index (χ3v) is 4.33. The maximum Gasteiger partial charge on any atom is 0.0320 e. The van der Waals surface area contributed by atoms with Gasteiger partial charge in [0.25, 0.3) is 0 Å². The zero-order valence-corrected chi connectivity index (χ0v) is 12.0. The van der Waals surface area contributed by atoms with Gasteiger partial charge in [0.2, 0.25) is 0 Å². The Bertz CT molecular complexity index is 444. The van der Waals surface area contributed by atoms with E-state index < -0.39 is 0 Å². The Hall–Kier alpha value is -1.12. The minimum absolute atomic E-state index is 0.456. The molecule has 1 N–H and O–H groups in total. The van der Waals surface area contributed by atoms with Gasteiger partial charge in [0.15, 0.2) is 0 Å². The summed E-state index contributed by atoms with van der Waals surface area (Å²) in [6.07, 6.45) is 3.42. The Morgan fingerprint density at radius 3 is 2.50 bits per heavy atom. The molecule has 1 heterocycles. The second kappa shape index (κ2) is 6.72. The third kappa shape index (κ3) is 3.44. The molecule has 1 atom stereocenters. The maximum absolute atomic E-state index is 3.42.